The average Bonchev–Trinajstić information content (AvgIpc) is 3.26. The molecule has 98 valence electrons. The van der Waals surface area contributed by atoms with E-state index in [9.17, 15) is 0 Å². The van der Waals surface area contributed by atoms with Crippen LogP contribution in [0.2, 0.25) is 0 Å². The highest BCUT2D eigenvalue weighted by atomic mass is 79.9. The molecule has 19 heavy (non-hydrogen) atoms. The molecule has 0 saturated heterocycles. The molecule has 1 aromatic carbocycles. The van der Waals surface area contributed by atoms with Gasteiger partial charge in [0, 0.05) is 5.56 Å². The van der Waals surface area contributed by atoms with E-state index >= 15 is 0 Å². The number of rotatable bonds is 3. The van der Waals surface area contributed by atoms with Gasteiger partial charge in [-0.2, -0.15) is 0 Å². The van der Waals surface area contributed by atoms with Crippen molar-refractivity contribution in [2.45, 2.75) is 32.1 Å². The van der Waals surface area contributed by atoms with Crippen molar-refractivity contribution in [2.75, 3.05) is 5.73 Å². The van der Waals surface area contributed by atoms with Gasteiger partial charge < -0.3 is 5.73 Å². The van der Waals surface area contributed by atoms with Gasteiger partial charge in [0.05, 0.1) is 10.2 Å². The van der Waals surface area contributed by atoms with Crippen molar-refractivity contribution >= 4 is 21.7 Å². The molecular formula is C15H16BrN3. The van der Waals surface area contributed by atoms with Gasteiger partial charge in [-0.1, -0.05) is 25.1 Å². The second kappa shape index (κ2) is 4.93. The van der Waals surface area contributed by atoms with Gasteiger partial charge in [0.15, 0.2) is 5.82 Å². The predicted octanol–water partition coefficient (Wildman–Crippen LogP) is 3.93. The summed E-state index contributed by atoms with van der Waals surface area (Å²) >= 11 is 3.44. The van der Waals surface area contributed by atoms with Crippen molar-refractivity contribution in [3.8, 4) is 11.4 Å². The summed E-state index contributed by atoms with van der Waals surface area (Å²) in [5.41, 5.74) is 9.35. The lowest BCUT2D eigenvalue weighted by Crippen LogP contribution is -2.02. The number of nitrogen functional groups attached to an aromatic ring is 1. The zero-order chi connectivity index (χ0) is 13.4. The Bertz CT molecular complexity index is 621. The molecule has 0 atom stereocenters. The van der Waals surface area contributed by atoms with Gasteiger partial charge in [0.2, 0.25) is 0 Å². The first-order chi connectivity index (χ1) is 9.19. The Labute approximate surface area is 121 Å². The molecule has 1 aromatic heterocycles. The highest BCUT2D eigenvalue weighted by molar-refractivity contribution is 9.10. The third kappa shape index (κ3) is 2.50. The van der Waals surface area contributed by atoms with Crippen LogP contribution >= 0.6 is 15.9 Å². The van der Waals surface area contributed by atoms with Gasteiger partial charge in [0.1, 0.15) is 5.82 Å². The molecule has 3 rings (SSSR count). The Balaban J connectivity index is 2.05. The number of hydrogen-bond donors (Lipinski definition) is 1. The van der Waals surface area contributed by atoms with Crippen LogP contribution in [0.3, 0.4) is 0 Å². The molecule has 0 radical (unpaired) electrons. The quantitative estimate of drug-likeness (QED) is 0.933. The highest BCUT2D eigenvalue weighted by Gasteiger charge is 2.23. The summed E-state index contributed by atoms with van der Waals surface area (Å²) in [7, 11) is 0. The highest BCUT2D eigenvalue weighted by Crippen LogP contribution is 2.41. The summed E-state index contributed by atoms with van der Waals surface area (Å²) in [6.07, 6.45) is 3.43. The minimum absolute atomic E-state index is 0.513. The maximum atomic E-state index is 5.95. The van der Waals surface area contributed by atoms with Gasteiger partial charge in [-0.3, -0.25) is 0 Å². The van der Waals surface area contributed by atoms with Crippen LogP contribution in [0.4, 0.5) is 5.82 Å². The summed E-state index contributed by atoms with van der Waals surface area (Å²) in [5, 5.41) is 0. The first-order valence-electron chi connectivity index (χ1n) is 6.61. The number of anilines is 1. The lowest BCUT2D eigenvalue weighted by atomic mass is 10.1. The summed E-state index contributed by atoms with van der Waals surface area (Å²) < 4.78 is 0.817. The number of nitrogens with zero attached hydrogens (tertiary/aromatic N) is 2. The van der Waals surface area contributed by atoms with E-state index in [2.05, 4.69) is 51.0 Å². The van der Waals surface area contributed by atoms with E-state index in [0.29, 0.717) is 5.82 Å². The third-order valence-corrected chi connectivity index (χ3v) is 4.34. The van der Waals surface area contributed by atoms with E-state index in [1.54, 1.807) is 0 Å². The topological polar surface area (TPSA) is 51.8 Å². The zero-order valence-corrected chi connectivity index (χ0v) is 12.4. The number of hydrogen-bond acceptors (Lipinski definition) is 3. The van der Waals surface area contributed by atoms with Crippen LogP contribution in [0.25, 0.3) is 11.4 Å². The number of aromatic nitrogens is 2. The average molecular weight is 318 g/mol. The van der Waals surface area contributed by atoms with Crippen LogP contribution in [0, 0.1) is 0 Å². The third-order valence-electron chi connectivity index (χ3n) is 3.47. The molecule has 2 N–H and O–H groups in total. The maximum absolute atomic E-state index is 5.95. The summed E-state index contributed by atoms with van der Waals surface area (Å²) in [6, 6.07) is 8.51. The van der Waals surface area contributed by atoms with Gasteiger partial charge in [-0.25, -0.2) is 9.97 Å². The van der Waals surface area contributed by atoms with Crippen molar-refractivity contribution < 1.29 is 0 Å². The molecule has 1 aliphatic rings. The molecule has 0 spiro atoms. The van der Waals surface area contributed by atoms with Crippen LogP contribution in [0.15, 0.2) is 28.7 Å². The molecule has 1 heterocycles. The molecule has 3 nitrogen and oxygen atoms in total. The normalized spacial score (nSPS) is 14.6. The number of benzene rings is 1. The molecule has 1 fully saturated rings. The Kier molecular flexibility index (Phi) is 3.27. The molecular weight excluding hydrogens is 302 g/mol. The Morgan fingerprint density at radius 2 is 2.11 bits per heavy atom. The zero-order valence-electron chi connectivity index (χ0n) is 10.9. The van der Waals surface area contributed by atoms with E-state index in [1.165, 1.54) is 18.4 Å². The van der Waals surface area contributed by atoms with Crippen LogP contribution < -0.4 is 5.73 Å². The lowest BCUT2D eigenvalue weighted by molar-refractivity contribution is 0.994. The molecule has 2 aromatic rings. The van der Waals surface area contributed by atoms with Crippen molar-refractivity contribution in [3.63, 3.8) is 0 Å². The smallest absolute Gasteiger partial charge is 0.161 e. The summed E-state index contributed by atoms with van der Waals surface area (Å²) in [5.74, 6) is 1.97. The van der Waals surface area contributed by atoms with Gasteiger partial charge in [-0.15, -0.1) is 0 Å². The Hall–Kier alpha value is -1.42. The first kappa shape index (κ1) is 12.6. The molecule has 1 saturated carbocycles. The Morgan fingerprint density at radius 1 is 1.32 bits per heavy atom. The Morgan fingerprint density at radius 3 is 2.79 bits per heavy atom. The van der Waals surface area contributed by atoms with Crippen LogP contribution in [0.1, 0.15) is 36.9 Å². The largest absolute Gasteiger partial charge is 0.383 e. The van der Waals surface area contributed by atoms with E-state index in [0.717, 1.165) is 33.9 Å². The van der Waals surface area contributed by atoms with Crippen molar-refractivity contribution in [2.24, 2.45) is 0 Å². The molecule has 0 aliphatic heterocycles. The molecule has 4 heteroatoms. The summed E-state index contributed by atoms with van der Waals surface area (Å²) in [4.78, 5) is 9.00. The second-order valence-electron chi connectivity index (χ2n) is 4.95. The van der Waals surface area contributed by atoms with E-state index in [4.69, 9.17) is 5.73 Å². The van der Waals surface area contributed by atoms with Crippen LogP contribution in [-0.2, 0) is 6.42 Å². The van der Waals surface area contributed by atoms with Crippen molar-refractivity contribution in [3.05, 3.63) is 40.0 Å². The fourth-order valence-electron chi connectivity index (χ4n) is 2.22. The maximum Gasteiger partial charge on any atom is 0.161 e. The molecule has 0 unspecified atom stereocenters. The van der Waals surface area contributed by atoms with Crippen molar-refractivity contribution in [1.82, 2.24) is 9.97 Å². The predicted molar refractivity (Wildman–Crippen MR) is 80.9 cm³/mol. The second-order valence-corrected chi connectivity index (χ2v) is 5.74. The SMILES string of the molecule is CCc1nc(-c2cccc(C3CC3)c2)nc(N)c1Br. The minimum atomic E-state index is 0.513. The fourth-order valence-corrected chi connectivity index (χ4v) is 2.68. The van der Waals surface area contributed by atoms with E-state index < -0.39 is 0 Å². The van der Waals surface area contributed by atoms with Crippen LogP contribution in [0.5, 0.6) is 0 Å². The summed E-state index contributed by atoms with van der Waals surface area (Å²) in [6.45, 7) is 2.07. The molecule has 0 amide bonds. The number of aryl methyl sites for hydroxylation is 1. The van der Waals surface area contributed by atoms with E-state index in [-0.39, 0.29) is 0 Å². The van der Waals surface area contributed by atoms with Gasteiger partial charge in [0.25, 0.3) is 0 Å². The van der Waals surface area contributed by atoms with Crippen molar-refractivity contribution in [1.29, 1.82) is 0 Å². The fraction of sp³-hybridized carbons (Fsp3) is 0.333. The standard InChI is InChI=1S/C15H16BrN3/c1-2-12-13(16)14(17)19-15(18-12)11-5-3-4-10(8-11)9-6-7-9/h3-5,8-9H,2,6-7H2,1H3,(H2,17,18,19). The van der Waals surface area contributed by atoms with Gasteiger partial charge in [-0.05, 0) is 52.7 Å². The molecule has 0 bridgehead atoms. The lowest BCUT2D eigenvalue weighted by Gasteiger charge is -2.08. The van der Waals surface area contributed by atoms with Crippen LogP contribution in [-0.4, -0.2) is 9.97 Å². The number of halogens is 1. The van der Waals surface area contributed by atoms with E-state index in [1.807, 2.05) is 6.07 Å². The monoisotopic (exact) mass is 317 g/mol. The first-order valence-corrected chi connectivity index (χ1v) is 7.40. The minimum Gasteiger partial charge on any atom is -0.383 e. The molecule has 1 aliphatic carbocycles. The number of nitrogens with two attached hydrogens (primary N) is 1. The van der Waals surface area contributed by atoms with Gasteiger partial charge >= 0.3 is 0 Å².